The van der Waals surface area contributed by atoms with E-state index in [9.17, 15) is 4.79 Å². The predicted molar refractivity (Wildman–Crippen MR) is 95.5 cm³/mol. The van der Waals surface area contributed by atoms with E-state index in [1.807, 2.05) is 4.90 Å². The number of hydrogen-bond acceptors (Lipinski definition) is 4. The molecule has 4 heterocycles. The lowest BCUT2D eigenvalue weighted by molar-refractivity contribution is 0.0665. The van der Waals surface area contributed by atoms with Crippen molar-refractivity contribution in [1.29, 1.82) is 0 Å². The Labute approximate surface area is 149 Å². The fraction of sp³-hybridized carbons (Fsp3) is 0.765. The summed E-state index contributed by atoms with van der Waals surface area (Å²) in [5.74, 6) is 0.873. The average Bonchev–Trinajstić information content (AvgIpc) is 3.24. The number of carbonyl (C=O) groups is 1. The van der Waals surface area contributed by atoms with Gasteiger partial charge in [0.2, 0.25) is 0 Å². The number of piperidine rings is 1. The number of rotatable bonds is 3. The number of nitrogens with one attached hydrogen (secondary N) is 2. The summed E-state index contributed by atoms with van der Waals surface area (Å²) in [5, 5.41) is 10.7. The molecule has 3 aliphatic heterocycles. The fourth-order valence-electron chi connectivity index (χ4n) is 4.20. The van der Waals surface area contributed by atoms with Crippen molar-refractivity contribution in [2.75, 3.05) is 39.3 Å². The number of nitrogens with zero attached hydrogens (tertiary/aromatic N) is 3. The van der Waals surface area contributed by atoms with E-state index < -0.39 is 0 Å². The summed E-state index contributed by atoms with van der Waals surface area (Å²) in [5.41, 5.74) is 2.86. The van der Waals surface area contributed by atoms with Crippen molar-refractivity contribution in [3.05, 3.63) is 17.0 Å². The smallest absolute Gasteiger partial charge is 0.274 e. The van der Waals surface area contributed by atoms with Gasteiger partial charge in [-0.25, -0.2) is 0 Å². The van der Waals surface area contributed by atoms with Gasteiger partial charge in [-0.2, -0.15) is 5.10 Å². The summed E-state index contributed by atoms with van der Waals surface area (Å²) in [6.45, 7) is 7.25. The molecule has 2 fully saturated rings. The number of likely N-dealkylation sites (tertiary alicyclic amines) is 2. The number of hydrogen-bond donors (Lipinski definition) is 2. The maximum Gasteiger partial charge on any atom is 0.274 e. The minimum Gasteiger partial charge on any atom is -0.337 e. The monoisotopic (exact) mass is 353 g/mol. The van der Waals surface area contributed by atoms with Crippen LogP contribution in [0.2, 0.25) is 0 Å². The average molecular weight is 354 g/mol. The van der Waals surface area contributed by atoms with E-state index in [-0.39, 0.29) is 18.3 Å². The molecular formula is C17H28ClN5O. The molecule has 2 saturated heterocycles. The molecule has 24 heavy (non-hydrogen) atoms. The van der Waals surface area contributed by atoms with Crippen molar-refractivity contribution in [1.82, 2.24) is 25.3 Å². The van der Waals surface area contributed by atoms with Gasteiger partial charge in [-0.15, -0.1) is 12.4 Å². The first-order valence-electron chi connectivity index (χ1n) is 9.10. The molecule has 2 N–H and O–H groups in total. The van der Waals surface area contributed by atoms with Crippen molar-refractivity contribution < 1.29 is 4.79 Å². The summed E-state index contributed by atoms with van der Waals surface area (Å²) in [4.78, 5) is 17.4. The minimum atomic E-state index is 0. The van der Waals surface area contributed by atoms with Crippen LogP contribution in [0.5, 0.6) is 0 Å². The van der Waals surface area contributed by atoms with Crippen LogP contribution < -0.4 is 5.32 Å². The molecule has 1 amide bonds. The van der Waals surface area contributed by atoms with Gasteiger partial charge in [-0.3, -0.25) is 9.89 Å². The molecule has 0 saturated carbocycles. The summed E-state index contributed by atoms with van der Waals surface area (Å²) < 4.78 is 0. The van der Waals surface area contributed by atoms with Gasteiger partial charge >= 0.3 is 0 Å². The first kappa shape index (κ1) is 17.7. The van der Waals surface area contributed by atoms with Crippen LogP contribution in [0.4, 0.5) is 0 Å². The second kappa shape index (κ2) is 7.85. The molecule has 0 aromatic carbocycles. The molecular weight excluding hydrogens is 326 g/mol. The Balaban J connectivity index is 0.00000169. The lowest BCUT2D eigenvalue weighted by atomic mass is 9.95. The maximum atomic E-state index is 12.8. The molecule has 3 aliphatic rings. The van der Waals surface area contributed by atoms with Gasteiger partial charge in [0.15, 0.2) is 5.69 Å². The standard InChI is InChI=1S/C17H27N5O.ClH/c23-17(16-14-11-18-6-3-15(14)19-20-16)22-9-4-13(5-10-22)12-21-7-1-2-8-21;/h13,18H,1-12H2,(H,19,20);1H. The zero-order chi connectivity index (χ0) is 15.6. The van der Waals surface area contributed by atoms with Crippen LogP contribution in [0, 0.1) is 5.92 Å². The molecule has 0 bridgehead atoms. The van der Waals surface area contributed by atoms with Crippen LogP contribution in [0.3, 0.4) is 0 Å². The number of halogens is 1. The summed E-state index contributed by atoms with van der Waals surface area (Å²) in [6, 6.07) is 0. The largest absolute Gasteiger partial charge is 0.337 e. The van der Waals surface area contributed by atoms with Crippen molar-refractivity contribution in [2.24, 2.45) is 5.92 Å². The molecule has 6 nitrogen and oxygen atoms in total. The van der Waals surface area contributed by atoms with E-state index in [0.29, 0.717) is 5.69 Å². The zero-order valence-electron chi connectivity index (χ0n) is 14.2. The van der Waals surface area contributed by atoms with E-state index in [2.05, 4.69) is 20.4 Å². The normalized spacial score (nSPS) is 22.2. The number of H-pyrrole nitrogens is 1. The van der Waals surface area contributed by atoms with Gasteiger partial charge in [0, 0.05) is 50.4 Å². The SMILES string of the molecule is Cl.O=C(c1n[nH]c2c1CNCC2)N1CCC(CN2CCCC2)CC1. The quantitative estimate of drug-likeness (QED) is 0.862. The third-order valence-electron chi connectivity index (χ3n) is 5.63. The van der Waals surface area contributed by atoms with Crippen LogP contribution in [-0.4, -0.2) is 65.2 Å². The highest BCUT2D eigenvalue weighted by Gasteiger charge is 2.29. The molecule has 4 rings (SSSR count). The molecule has 1 aromatic rings. The highest BCUT2D eigenvalue weighted by atomic mass is 35.5. The second-order valence-electron chi connectivity index (χ2n) is 7.20. The Morgan fingerprint density at radius 3 is 2.67 bits per heavy atom. The van der Waals surface area contributed by atoms with Gasteiger partial charge in [0.1, 0.15) is 0 Å². The predicted octanol–water partition coefficient (Wildman–Crippen LogP) is 1.43. The first-order chi connectivity index (χ1) is 11.3. The van der Waals surface area contributed by atoms with Crippen LogP contribution in [0.25, 0.3) is 0 Å². The topological polar surface area (TPSA) is 64.3 Å². The van der Waals surface area contributed by atoms with Crippen molar-refractivity contribution in [3.63, 3.8) is 0 Å². The first-order valence-corrected chi connectivity index (χ1v) is 9.10. The van der Waals surface area contributed by atoms with E-state index in [1.54, 1.807) is 0 Å². The third kappa shape index (κ3) is 3.60. The molecule has 134 valence electrons. The fourth-order valence-corrected chi connectivity index (χ4v) is 4.20. The zero-order valence-corrected chi connectivity index (χ0v) is 15.0. The molecule has 0 atom stereocenters. The number of aromatic amines is 1. The molecule has 0 spiro atoms. The van der Waals surface area contributed by atoms with Crippen molar-refractivity contribution >= 4 is 18.3 Å². The molecule has 0 unspecified atom stereocenters. The van der Waals surface area contributed by atoms with Gasteiger partial charge in [-0.05, 0) is 44.7 Å². The number of carbonyl (C=O) groups excluding carboxylic acids is 1. The Kier molecular flexibility index (Phi) is 5.79. The lowest BCUT2D eigenvalue weighted by Gasteiger charge is -2.33. The third-order valence-corrected chi connectivity index (χ3v) is 5.63. The van der Waals surface area contributed by atoms with Gasteiger partial charge in [-0.1, -0.05) is 0 Å². The van der Waals surface area contributed by atoms with Crippen molar-refractivity contribution in [3.8, 4) is 0 Å². The van der Waals surface area contributed by atoms with Gasteiger partial charge in [0.05, 0.1) is 0 Å². The Morgan fingerprint density at radius 1 is 1.17 bits per heavy atom. The Bertz CT molecular complexity index is 561. The van der Waals surface area contributed by atoms with Crippen LogP contribution in [-0.2, 0) is 13.0 Å². The highest BCUT2D eigenvalue weighted by molar-refractivity contribution is 5.94. The Hall–Kier alpha value is -1.11. The van der Waals surface area contributed by atoms with Crippen LogP contribution in [0.15, 0.2) is 0 Å². The summed E-state index contributed by atoms with van der Waals surface area (Å²) >= 11 is 0. The van der Waals surface area contributed by atoms with Crippen LogP contribution >= 0.6 is 12.4 Å². The lowest BCUT2D eigenvalue weighted by Crippen LogP contribution is -2.41. The van der Waals surface area contributed by atoms with Crippen LogP contribution in [0.1, 0.15) is 47.4 Å². The van der Waals surface area contributed by atoms with E-state index in [1.165, 1.54) is 32.5 Å². The number of amides is 1. The van der Waals surface area contributed by atoms with E-state index >= 15 is 0 Å². The maximum absolute atomic E-state index is 12.8. The highest BCUT2D eigenvalue weighted by Crippen LogP contribution is 2.23. The number of aromatic nitrogens is 2. The van der Waals surface area contributed by atoms with Gasteiger partial charge < -0.3 is 15.1 Å². The summed E-state index contributed by atoms with van der Waals surface area (Å²) in [7, 11) is 0. The number of fused-ring (bicyclic) bond motifs is 1. The second-order valence-corrected chi connectivity index (χ2v) is 7.20. The molecule has 0 aliphatic carbocycles. The Morgan fingerprint density at radius 2 is 1.92 bits per heavy atom. The molecule has 7 heteroatoms. The molecule has 0 radical (unpaired) electrons. The van der Waals surface area contributed by atoms with E-state index in [4.69, 9.17) is 0 Å². The summed E-state index contributed by atoms with van der Waals surface area (Å²) in [6.07, 6.45) is 5.92. The minimum absolute atomic E-state index is 0. The van der Waals surface area contributed by atoms with E-state index in [0.717, 1.165) is 62.6 Å². The molecule has 1 aromatic heterocycles. The van der Waals surface area contributed by atoms with Crippen molar-refractivity contribution in [2.45, 2.75) is 38.6 Å². The van der Waals surface area contributed by atoms with Gasteiger partial charge in [0.25, 0.3) is 5.91 Å².